The highest BCUT2D eigenvalue weighted by Crippen LogP contribution is 2.16. The topological polar surface area (TPSA) is 63.5 Å². The summed E-state index contributed by atoms with van der Waals surface area (Å²) in [5.41, 5.74) is 0.902. The lowest BCUT2D eigenvalue weighted by Crippen LogP contribution is -2.25. The van der Waals surface area contributed by atoms with Crippen molar-refractivity contribution in [1.82, 2.24) is 0 Å². The van der Waals surface area contributed by atoms with Crippen molar-refractivity contribution in [2.24, 2.45) is 0 Å². The highest BCUT2D eigenvalue weighted by molar-refractivity contribution is 5.99. The fraction of sp³-hybridized carbons (Fsp3) is 0.133. The van der Waals surface area contributed by atoms with Crippen LogP contribution in [0.5, 0.6) is 0 Å². The van der Waals surface area contributed by atoms with Crippen LogP contribution in [0.25, 0.3) is 0 Å². The maximum absolute atomic E-state index is 13.1. The highest BCUT2D eigenvalue weighted by atomic mass is 19.1. The number of halogens is 1. The standard InChI is InChI=1S/C15H13FN2O3/c1-17(14-4-2-3-12(16)9-14)10-15(19)11-5-7-13(8-6-11)18(20)21/h2-9H,10H2,1H3. The molecule has 6 heteroatoms. The van der Waals surface area contributed by atoms with E-state index in [1.54, 1.807) is 24.1 Å². The van der Waals surface area contributed by atoms with Crippen LogP contribution in [0.15, 0.2) is 48.5 Å². The van der Waals surface area contributed by atoms with Gasteiger partial charge in [-0.2, -0.15) is 0 Å². The molecule has 0 radical (unpaired) electrons. The van der Waals surface area contributed by atoms with Crippen molar-refractivity contribution in [2.45, 2.75) is 0 Å². The van der Waals surface area contributed by atoms with Gasteiger partial charge in [0.15, 0.2) is 5.78 Å². The zero-order valence-electron chi connectivity index (χ0n) is 11.3. The molecule has 0 spiro atoms. The summed E-state index contributed by atoms with van der Waals surface area (Å²) in [6.07, 6.45) is 0. The van der Waals surface area contributed by atoms with Gasteiger partial charge >= 0.3 is 0 Å². The van der Waals surface area contributed by atoms with E-state index in [0.29, 0.717) is 11.3 Å². The minimum absolute atomic E-state index is 0.0568. The zero-order valence-corrected chi connectivity index (χ0v) is 11.3. The molecule has 2 aromatic rings. The van der Waals surface area contributed by atoms with Gasteiger partial charge in [-0.05, 0) is 30.3 Å². The lowest BCUT2D eigenvalue weighted by atomic mass is 10.1. The van der Waals surface area contributed by atoms with E-state index in [-0.39, 0.29) is 23.8 Å². The number of benzene rings is 2. The van der Waals surface area contributed by atoms with Gasteiger partial charge in [0, 0.05) is 30.4 Å². The Kier molecular flexibility index (Phi) is 4.27. The van der Waals surface area contributed by atoms with Gasteiger partial charge in [-0.3, -0.25) is 14.9 Å². The first-order valence-corrected chi connectivity index (χ1v) is 6.22. The number of hydrogen-bond acceptors (Lipinski definition) is 4. The summed E-state index contributed by atoms with van der Waals surface area (Å²) < 4.78 is 13.1. The third-order valence-corrected chi connectivity index (χ3v) is 3.03. The molecule has 108 valence electrons. The molecule has 0 saturated carbocycles. The molecule has 0 fully saturated rings. The van der Waals surface area contributed by atoms with Crippen molar-refractivity contribution in [3.63, 3.8) is 0 Å². The summed E-state index contributed by atoms with van der Waals surface area (Å²) in [6, 6.07) is 11.3. The van der Waals surface area contributed by atoms with E-state index in [9.17, 15) is 19.3 Å². The molecule has 0 N–H and O–H groups in total. The Morgan fingerprint density at radius 1 is 1.24 bits per heavy atom. The molecule has 0 amide bonds. The van der Waals surface area contributed by atoms with E-state index in [0.717, 1.165) is 0 Å². The molecular formula is C15H13FN2O3. The minimum Gasteiger partial charge on any atom is -0.367 e. The maximum atomic E-state index is 13.1. The monoisotopic (exact) mass is 288 g/mol. The normalized spacial score (nSPS) is 10.2. The molecule has 5 nitrogen and oxygen atoms in total. The summed E-state index contributed by atoms with van der Waals surface area (Å²) in [7, 11) is 1.68. The quantitative estimate of drug-likeness (QED) is 0.482. The number of nitro groups is 1. The van der Waals surface area contributed by atoms with Crippen molar-refractivity contribution < 1.29 is 14.1 Å². The Bertz CT molecular complexity index is 671. The van der Waals surface area contributed by atoms with E-state index < -0.39 is 4.92 Å². The van der Waals surface area contributed by atoms with Crippen molar-refractivity contribution >= 4 is 17.2 Å². The molecule has 0 saturated heterocycles. The van der Waals surface area contributed by atoms with Crippen LogP contribution in [0.3, 0.4) is 0 Å². The SMILES string of the molecule is CN(CC(=O)c1ccc([N+](=O)[O-])cc1)c1cccc(F)c1. The van der Waals surface area contributed by atoms with E-state index in [1.807, 2.05) is 0 Å². The van der Waals surface area contributed by atoms with Crippen molar-refractivity contribution in [2.75, 3.05) is 18.5 Å². The largest absolute Gasteiger partial charge is 0.367 e. The van der Waals surface area contributed by atoms with Gasteiger partial charge in [0.25, 0.3) is 5.69 Å². The van der Waals surface area contributed by atoms with Gasteiger partial charge < -0.3 is 4.90 Å². The lowest BCUT2D eigenvalue weighted by Gasteiger charge is -2.18. The van der Waals surface area contributed by atoms with Gasteiger partial charge in [-0.25, -0.2) is 4.39 Å². The number of ketones is 1. The average Bonchev–Trinajstić information content (AvgIpc) is 2.47. The summed E-state index contributed by atoms with van der Waals surface area (Å²) in [4.78, 5) is 23.7. The molecule has 0 bridgehead atoms. The Morgan fingerprint density at radius 2 is 1.90 bits per heavy atom. The summed E-state index contributed by atoms with van der Waals surface area (Å²) in [6.45, 7) is 0.0568. The minimum atomic E-state index is -0.521. The Balaban J connectivity index is 2.08. The first-order chi connectivity index (χ1) is 9.97. The number of carbonyl (C=O) groups excluding carboxylic acids is 1. The van der Waals surface area contributed by atoms with Crippen LogP contribution in [0.1, 0.15) is 10.4 Å². The molecule has 0 aliphatic rings. The summed E-state index contributed by atoms with van der Waals surface area (Å²) in [5, 5.41) is 10.6. The number of Topliss-reactive ketones (excluding diaryl/α,β-unsaturated/α-hetero) is 1. The zero-order chi connectivity index (χ0) is 15.4. The number of likely N-dealkylation sites (N-methyl/N-ethyl adjacent to an activating group) is 1. The van der Waals surface area contributed by atoms with Crippen LogP contribution >= 0.6 is 0 Å². The van der Waals surface area contributed by atoms with Crippen molar-refractivity contribution in [3.8, 4) is 0 Å². The third-order valence-electron chi connectivity index (χ3n) is 3.03. The predicted molar refractivity (Wildman–Crippen MR) is 77.1 cm³/mol. The van der Waals surface area contributed by atoms with Gasteiger partial charge in [-0.15, -0.1) is 0 Å². The second-order valence-electron chi connectivity index (χ2n) is 4.56. The third kappa shape index (κ3) is 3.62. The van der Waals surface area contributed by atoms with E-state index in [4.69, 9.17) is 0 Å². The van der Waals surface area contributed by atoms with Crippen molar-refractivity contribution in [3.05, 3.63) is 70.0 Å². The summed E-state index contributed by atoms with van der Waals surface area (Å²) in [5.74, 6) is -0.571. The number of non-ortho nitro benzene ring substituents is 1. The highest BCUT2D eigenvalue weighted by Gasteiger charge is 2.12. The molecule has 21 heavy (non-hydrogen) atoms. The van der Waals surface area contributed by atoms with Crippen LogP contribution in [0.2, 0.25) is 0 Å². The Hall–Kier alpha value is -2.76. The van der Waals surface area contributed by atoms with E-state index in [2.05, 4.69) is 0 Å². The van der Waals surface area contributed by atoms with Crippen LogP contribution in [0.4, 0.5) is 15.8 Å². The van der Waals surface area contributed by atoms with Crippen LogP contribution in [0, 0.1) is 15.9 Å². The Labute approximate surface area is 120 Å². The molecule has 0 heterocycles. The predicted octanol–water partition coefficient (Wildman–Crippen LogP) is 3.05. The number of hydrogen-bond donors (Lipinski definition) is 0. The summed E-state index contributed by atoms with van der Waals surface area (Å²) >= 11 is 0. The van der Waals surface area contributed by atoms with Gasteiger partial charge in [0.1, 0.15) is 5.82 Å². The smallest absolute Gasteiger partial charge is 0.269 e. The lowest BCUT2D eigenvalue weighted by molar-refractivity contribution is -0.384. The number of carbonyl (C=O) groups is 1. The van der Waals surface area contributed by atoms with Gasteiger partial charge in [0.05, 0.1) is 11.5 Å². The number of anilines is 1. The second kappa shape index (κ2) is 6.13. The second-order valence-corrected chi connectivity index (χ2v) is 4.56. The fourth-order valence-electron chi connectivity index (χ4n) is 1.88. The molecular weight excluding hydrogens is 275 g/mol. The Morgan fingerprint density at radius 3 is 2.48 bits per heavy atom. The average molecular weight is 288 g/mol. The number of rotatable bonds is 5. The first kappa shape index (κ1) is 14.6. The molecule has 0 aliphatic heterocycles. The maximum Gasteiger partial charge on any atom is 0.269 e. The number of nitro benzene ring substituents is 1. The van der Waals surface area contributed by atoms with Gasteiger partial charge in [-0.1, -0.05) is 6.07 Å². The molecule has 2 rings (SSSR count). The van der Waals surface area contributed by atoms with Crippen LogP contribution in [-0.2, 0) is 0 Å². The van der Waals surface area contributed by atoms with Crippen LogP contribution < -0.4 is 4.90 Å². The molecule has 0 aromatic heterocycles. The fourth-order valence-corrected chi connectivity index (χ4v) is 1.88. The van der Waals surface area contributed by atoms with E-state index in [1.165, 1.54) is 36.4 Å². The first-order valence-electron chi connectivity index (χ1n) is 6.22. The van der Waals surface area contributed by atoms with Crippen LogP contribution in [-0.4, -0.2) is 24.3 Å². The molecule has 0 unspecified atom stereocenters. The number of nitrogens with zero attached hydrogens (tertiary/aromatic N) is 2. The van der Waals surface area contributed by atoms with Crippen molar-refractivity contribution in [1.29, 1.82) is 0 Å². The van der Waals surface area contributed by atoms with Gasteiger partial charge in [0.2, 0.25) is 0 Å². The molecule has 2 aromatic carbocycles. The molecule has 0 atom stereocenters. The molecule has 0 aliphatic carbocycles. The van der Waals surface area contributed by atoms with E-state index >= 15 is 0 Å².